The smallest absolute Gasteiger partial charge is 0.264 e. The number of anilines is 1. The van der Waals surface area contributed by atoms with Crippen LogP contribution < -0.4 is 14.4 Å². The summed E-state index contributed by atoms with van der Waals surface area (Å²) in [6.07, 6.45) is 0. The molecule has 0 spiro atoms. The molecular weight excluding hydrogens is 412 g/mol. The van der Waals surface area contributed by atoms with E-state index >= 15 is 0 Å². The Morgan fingerprint density at radius 2 is 1.58 bits per heavy atom. The predicted octanol–water partition coefficient (Wildman–Crippen LogP) is 4.39. The summed E-state index contributed by atoms with van der Waals surface area (Å²) in [5.74, 6) is 0.510. The van der Waals surface area contributed by atoms with Crippen molar-refractivity contribution in [3.63, 3.8) is 0 Å². The first-order valence-corrected chi connectivity index (χ1v) is 12.1. The van der Waals surface area contributed by atoms with Gasteiger partial charge < -0.3 is 10.1 Å². The van der Waals surface area contributed by atoms with Crippen LogP contribution in [0.1, 0.15) is 40.2 Å². The number of aryl methyl sites for hydroxylation is 1. The van der Waals surface area contributed by atoms with Crippen LogP contribution in [0.4, 0.5) is 5.69 Å². The van der Waals surface area contributed by atoms with E-state index in [0.717, 1.165) is 9.87 Å². The molecule has 0 aliphatic rings. The number of para-hydroxylation sites is 2. The van der Waals surface area contributed by atoms with Crippen LogP contribution >= 0.6 is 0 Å². The normalized spacial score (nSPS) is 11.8. The Hall–Kier alpha value is -2.54. The number of rotatable bonds is 10. The third-order valence-corrected chi connectivity index (χ3v) is 6.87. The highest BCUT2D eigenvalue weighted by Gasteiger charge is 2.30. The average Bonchev–Trinajstić information content (AvgIpc) is 2.71. The highest BCUT2D eigenvalue weighted by Crippen LogP contribution is 2.32. The molecule has 6 nitrogen and oxygen atoms in total. The van der Waals surface area contributed by atoms with Crippen molar-refractivity contribution in [1.82, 2.24) is 5.32 Å². The van der Waals surface area contributed by atoms with E-state index < -0.39 is 10.0 Å². The molecule has 0 aliphatic heterocycles. The summed E-state index contributed by atoms with van der Waals surface area (Å²) in [6.45, 7) is 11.9. The first kappa shape index (κ1) is 24.7. The van der Waals surface area contributed by atoms with Crippen molar-refractivity contribution in [2.75, 3.05) is 17.5 Å². The summed E-state index contributed by atoms with van der Waals surface area (Å²) in [5.41, 5.74) is 1.29. The number of nitrogens with zero attached hydrogens (tertiary/aromatic N) is 1. The fraction of sp³-hybridized carbons (Fsp3) is 0.458. The Labute approximate surface area is 186 Å². The summed E-state index contributed by atoms with van der Waals surface area (Å²) in [4.78, 5) is 13.1. The predicted molar refractivity (Wildman–Crippen MR) is 125 cm³/mol. The minimum atomic E-state index is -3.99. The lowest BCUT2D eigenvalue weighted by atomic mass is 9.93. The Balaban J connectivity index is 2.49. The maximum absolute atomic E-state index is 13.6. The van der Waals surface area contributed by atoms with Crippen molar-refractivity contribution >= 4 is 21.6 Å². The number of carbonyl (C=O) groups is 1. The standard InChI is InChI=1S/C24H34N2O4S/c1-7-30-22-11-9-8-10-21(22)26(16-23(27)25-24(17(2)3)18(4)5)31(28,29)20-14-12-19(6)13-15-20/h8-15,17-18,24H,7,16H2,1-6H3,(H,25,27). The number of sulfonamides is 1. The highest BCUT2D eigenvalue weighted by molar-refractivity contribution is 7.92. The SMILES string of the molecule is CCOc1ccccc1N(CC(=O)NC(C(C)C)C(C)C)S(=O)(=O)c1ccc(C)cc1. The Kier molecular flexibility index (Phi) is 8.51. The third-order valence-electron chi connectivity index (χ3n) is 5.09. The summed E-state index contributed by atoms with van der Waals surface area (Å²) >= 11 is 0. The van der Waals surface area contributed by atoms with E-state index in [1.54, 1.807) is 48.5 Å². The van der Waals surface area contributed by atoms with Gasteiger partial charge in [0, 0.05) is 6.04 Å². The first-order valence-electron chi connectivity index (χ1n) is 10.7. The van der Waals surface area contributed by atoms with Crippen LogP contribution in [0.3, 0.4) is 0 Å². The van der Waals surface area contributed by atoms with Gasteiger partial charge in [-0.1, -0.05) is 57.5 Å². The second kappa shape index (κ2) is 10.7. The molecule has 2 rings (SSSR count). The van der Waals surface area contributed by atoms with Crippen molar-refractivity contribution in [3.05, 3.63) is 54.1 Å². The topological polar surface area (TPSA) is 75.7 Å². The van der Waals surface area contributed by atoms with Crippen LogP contribution in [0.5, 0.6) is 5.75 Å². The maximum Gasteiger partial charge on any atom is 0.264 e. The van der Waals surface area contributed by atoms with Crippen molar-refractivity contribution in [2.45, 2.75) is 52.5 Å². The Morgan fingerprint density at radius 3 is 2.13 bits per heavy atom. The number of hydrogen-bond donors (Lipinski definition) is 1. The van der Waals surface area contributed by atoms with Crippen molar-refractivity contribution in [2.24, 2.45) is 11.8 Å². The second-order valence-corrected chi connectivity index (χ2v) is 10.2. The summed E-state index contributed by atoms with van der Waals surface area (Å²) < 4.78 is 34.0. The number of nitrogens with one attached hydrogen (secondary N) is 1. The van der Waals surface area contributed by atoms with E-state index in [-0.39, 0.29) is 35.2 Å². The molecule has 0 saturated carbocycles. The second-order valence-electron chi connectivity index (χ2n) is 8.31. The molecule has 0 heterocycles. The van der Waals surface area contributed by atoms with Gasteiger partial charge in [0.2, 0.25) is 5.91 Å². The zero-order valence-electron chi connectivity index (χ0n) is 19.3. The average molecular weight is 447 g/mol. The maximum atomic E-state index is 13.6. The quantitative estimate of drug-likeness (QED) is 0.587. The number of benzene rings is 2. The molecule has 1 N–H and O–H groups in total. The monoisotopic (exact) mass is 446 g/mol. The molecule has 0 bridgehead atoms. The molecule has 0 aromatic heterocycles. The van der Waals surface area contributed by atoms with Gasteiger partial charge in [-0.05, 0) is 49.9 Å². The molecular formula is C24H34N2O4S. The minimum absolute atomic E-state index is 0.0569. The molecule has 0 fully saturated rings. The molecule has 1 amide bonds. The van der Waals surface area contributed by atoms with Gasteiger partial charge in [0.25, 0.3) is 10.0 Å². The van der Waals surface area contributed by atoms with E-state index in [9.17, 15) is 13.2 Å². The highest BCUT2D eigenvalue weighted by atomic mass is 32.2. The van der Waals surface area contributed by atoms with Crippen molar-refractivity contribution in [1.29, 1.82) is 0 Å². The number of ether oxygens (including phenoxy) is 1. The molecule has 0 saturated heterocycles. The van der Waals surface area contributed by atoms with E-state index in [1.165, 1.54) is 0 Å². The largest absolute Gasteiger partial charge is 0.492 e. The van der Waals surface area contributed by atoms with Crippen LogP contribution in [0.2, 0.25) is 0 Å². The van der Waals surface area contributed by atoms with Gasteiger partial charge in [0.15, 0.2) is 0 Å². The molecule has 0 aliphatic carbocycles. The van der Waals surface area contributed by atoms with Crippen LogP contribution in [-0.4, -0.2) is 33.5 Å². The lowest BCUT2D eigenvalue weighted by molar-refractivity contribution is -0.121. The molecule has 31 heavy (non-hydrogen) atoms. The summed E-state index contributed by atoms with van der Waals surface area (Å²) in [6, 6.07) is 13.4. The van der Waals surface area contributed by atoms with E-state index in [0.29, 0.717) is 18.0 Å². The Morgan fingerprint density at radius 1 is 1.00 bits per heavy atom. The van der Waals surface area contributed by atoms with Crippen molar-refractivity contribution < 1.29 is 17.9 Å². The zero-order valence-corrected chi connectivity index (χ0v) is 20.1. The zero-order chi connectivity index (χ0) is 23.2. The molecule has 2 aromatic carbocycles. The van der Waals surface area contributed by atoms with E-state index in [4.69, 9.17) is 4.74 Å². The molecule has 170 valence electrons. The summed E-state index contributed by atoms with van der Waals surface area (Å²) in [7, 11) is -3.99. The van der Waals surface area contributed by atoms with E-state index in [2.05, 4.69) is 5.32 Å². The number of carbonyl (C=O) groups excluding carboxylic acids is 1. The minimum Gasteiger partial charge on any atom is -0.492 e. The van der Waals surface area contributed by atoms with E-state index in [1.807, 2.05) is 41.5 Å². The fourth-order valence-electron chi connectivity index (χ4n) is 3.54. The van der Waals surface area contributed by atoms with Crippen LogP contribution in [0, 0.1) is 18.8 Å². The Bertz CT molecular complexity index is 961. The van der Waals surface area contributed by atoms with Crippen LogP contribution in [0.15, 0.2) is 53.4 Å². The van der Waals surface area contributed by atoms with Gasteiger partial charge in [0.05, 0.1) is 17.2 Å². The third kappa shape index (κ3) is 6.23. The molecule has 0 unspecified atom stereocenters. The van der Waals surface area contributed by atoms with Crippen molar-refractivity contribution in [3.8, 4) is 5.75 Å². The number of hydrogen-bond acceptors (Lipinski definition) is 4. The number of amides is 1. The lowest BCUT2D eigenvalue weighted by Crippen LogP contribution is -2.48. The molecule has 0 radical (unpaired) electrons. The van der Waals surface area contributed by atoms with Gasteiger partial charge in [-0.3, -0.25) is 9.10 Å². The molecule has 2 aromatic rings. The summed E-state index contributed by atoms with van der Waals surface area (Å²) in [5, 5.41) is 3.01. The first-order chi connectivity index (χ1) is 14.6. The van der Waals surface area contributed by atoms with Gasteiger partial charge in [-0.15, -0.1) is 0 Å². The van der Waals surface area contributed by atoms with Gasteiger partial charge in [-0.2, -0.15) is 0 Å². The van der Waals surface area contributed by atoms with Gasteiger partial charge in [-0.25, -0.2) is 8.42 Å². The van der Waals surface area contributed by atoms with Crippen LogP contribution in [-0.2, 0) is 14.8 Å². The molecule has 0 atom stereocenters. The molecule has 7 heteroatoms. The van der Waals surface area contributed by atoms with Gasteiger partial charge >= 0.3 is 0 Å². The van der Waals surface area contributed by atoms with Gasteiger partial charge in [0.1, 0.15) is 12.3 Å². The fourth-order valence-corrected chi connectivity index (χ4v) is 4.97. The lowest BCUT2D eigenvalue weighted by Gasteiger charge is -2.29. The van der Waals surface area contributed by atoms with Crippen LogP contribution in [0.25, 0.3) is 0 Å².